The lowest BCUT2D eigenvalue weighted by molar-refractivity contribution is -0.384. The highest BCUT2D eigenvalue weighted by molar-refractivity contribution is 5.73. The first kappa shape index (κ1) is 16.7. The Labute approximate surface area is 133 Å². The van der Waals surface area contributed by atoms with E-state index in [1.165, 1.54) is 12.1 Å². The van der Waals surface area contributed by atoms with Crippen LogP contribution in [0.1, 0.15) is 25.5 Å². The number of nitrogens with zero attached hydrogens (tertiary/aromatic N) is 1. The highest BCUT2D eigenvalue weighted by Crippen LogP contribution is 2.25. The van der Waals surface area contributed by atoms with Crippen LogP contribution in [-0.2, 0) is 11.3 Å². The molecule has 2 rings (SSSR count). The highest BCUT2D eigenvalue weighted by Gasteiger charge is 2.16. The van der Waals surface area contributed by atoms with Crippen molar-refractivity contribution < 1.29 is 19.2 Å². The highest BCUT2D eigenvalue weighted by atomic mass is 16.6. The van der Waals surface area contributed by atoms with Crippen LogP contribution in [0.15, 0.2) is 40.8 Å². The summed E-state index contributed by atoms with van der Waals surface area (Å²) in [5, 5.41) is 22.8. The van der Waals surface area contributed by atoms with Crippen molar-refractivity contribution in [1.29, 1.82) is 0 Å². The van der Waals surface area contributed by atoms with Crippen molar-refractivity contribution in [3.63, 3.8) is 0 Å². The van der Waals surface area contributed by atoms with Crippen molar-refractivity contribution in [3.8, 4) is 11.3 Å². The molecule has 7 nitrogen and oxygen atoms in total. The molecule has 0 fully saturated rings. The van der Waals surface area contributed by atoms with Crippen LogP contribution < -0.4 is 5.32 Å². The second kappa shape index (κ2) is 7.55. The van der Waals surface area contributed by atoms with Crippen LogP contribution in [0.5, 0.6) is 0 Å². The molecule has 0 amide bonds. The fraction of sp³-hybridized carbons (Fsp3) is 0.312. The van der Waals surface area contributed by atoms with Gasteiger partial charge in [0, 0.05) is 17.7 Å². The summed E-state index contributed by atoms with van der Waals surface area (Å²) >= 11 is 0. The number of carboxylic acids is 1. The van der Waals surface area contributed by atoms with Gasteiger partial charge in [0.15, 0.2) is 0 Å². The minimum Gasteiger partial charge on any atom is -0.480 e. The summed E-state index contributed by atoms with van der Waals surface area (Å²) in [6.07, 6.45) is 1.30. The van der Waals surface area contributed by atoms with E-state index in [0.29, 0.717) is 23.5 Å². The number of hydrogen-bond acceptors (Lipinski definition) is 5. The van der Waals surface area contributed by atoms with Crippen molar-refractivity contribution in [1.82, 2.24) is 5.32 Å². The van der Waals surface area contributed by atoms with Crippen molar-refractivity contribution in [2.24, 2.45) is 0 Å². The second-order valence-electron chi connectivity index (χ2n) is 5.13. The zero-order valence-electron chi connectivity index (χ0n) is 12.7. The molecule has 1 atom stereocenters. The Morgan fingerprint density at radius 1 is 1.39 bits per heavy atom. The Hall–Kier alpha value is -2.67. The van der Waals surface area contributed by atoms with E-state index >= 15 is 0 Å². The van der Waals surface area contributed by atoms with Crippen molar-refractivity contribution in [2.75, 3.05) is 0 Å². The van der Waals surface area contributed by atoms with Gasteiger partial charge in [-0.3, -0.25) is 20.2 Å². The van der Waals surface area contributed by atoms with Gasteiger partial charge in [0.25, 0.3) is 5.69 Å². The predicted molar refractivity (Wildman–Crippen MR) is 84.0 cm³/mol. The molecule has 2 N–H and O–H groups in total. The maximum absolute atomic E-state index is 11.1. The number of nitro groups is 1. The fourth-order valence-corrected chi connectivity index (χ4v) is 2.23. The molecule has 0 saturated heterocycles. The molecule has 1 unspecified atom stereocenters. The van der Waals surface area contributed by atoms with E-state index in [1.54, 1.807) is 24.3 Å². The van der Waals surface area contributed by atoms with Crippen LogP contribution in [0.3, 0.4) is 0 Å². The molecule has 0 bridgehead atoms. The van der Waals surface area contributed by atoms with Crippen LogP contribution in [0.2, 0.25) is 0 Å². The third kappa shape index (κ3) is 4.40. The van der Waals surface area contributed by atoms with Crippen molar-refractivity contribution in [2.45, 2.75) is 32.4 Å². The van der Waals surface area contributed by atoms with Gasteiger partial charge in [0.05, 0.1) is 11.5 Å². The van der Waals surface area contributed by atoms with Crippen molar-refractivity contribution >= 4 is 11.7 Å². The van der Waals surface area contributed by atoms with Gasteiger partial charge < -0.3 is 9.52 Å². The van der Waals surface area contributed by atoms with Crippen LogP contribution in [0.25, 0.3) is 11.3 Å². The Balaban J connectivity index is 2.07. The molecule has 0 saturated carbocycles. The SMILES string of the molecule is CCCC(NCc1ccc(-c2cccc([N+](=O)[O-])c2)o1)C(=O)O. The summed E-state index contributed by atoms with van der Waals surface area (Å²) in [6.45, 7) is 2.21. The molecule has 1 aromatic carbocycles. The van der Waals surface area contributed by atoms with Gasteiger partial charge in [-0.15, -0.1) is 0 Å². The molecular formula is C16H18N2O5. The minimum atomic E-state index is -0.891. The largest absolute Gasteiger partial charge is 0.480 e. The molecular weight excluding hydrogens is 300 g/mol. The maximum atomic E-state index is 11.1. The first-order valence-corrected chi connectivity index (χ1v) is 7.31. The summed E-state index contributed by atoms with van der Waals surface area (Å²) in [5.74, 6) is 0.194. The van der Waals surface area contributed by atoms with Gasteiger partial charge in [-0.1, -0.05) is 25.5 Å². The number of carboxylic acid groups (broad SMARTS) is 1. The van der Waals surface area contributed by atoms with Crippen LogP contribution in [-0.4, -0.2) is 22.0 Å². The minimum absolute atomic E-state index is 0.00698. The number of nitrogens with one attached hydrogen (secondary N) is 1. The number of furan rings is 1. The zero-order chi connectivity index (χ0) is 16.8. The van der Waals surface area contributed by atoms with E-state index in [-0.39, 0.29) is 12.2 Å². The average molecular weight is 318 g/mol. The summed E-state index contributed by atoms with van der Waals surface area (Å²) in [4.78, 5) is 21.4. The zero-order valence-corrected chi connectivity index (χ0v) is 12.7. The smallest absolute Gasteiger partial charge is 0.320 e. The molecule has 0 radical (unpaired) electrons. The van der Waals surface area contributed by atoms with E-state index in [2.05, 4.69) is 5.32 Å². The summed E-state index contributed by atoms with van der Waals surface area (Å²) in [6, 6.07) is 8.99. The molecule has 7 heteroatoms. The number of non-ortho nitro benzene ring substituents is 1. The number of rotatable bonds is 8. The van der Waals surface area contributed by atoms with E-state index in [4.69, 9.17) is 9.52 Å². The Bertz CT molecular complexity index is 695. The van der Waals surface area contributed by atoms with Gasteiger partial charge in [0.2, 0.25) is 0 Å². The molecule has 0 aliphatic rings. The number of carbonyl (C=O) groups is 1. The lowest BCUT2D eigenvalue weighted by atomic mass is 10.1. The summed E-state index contributed by atoms with van der Waals surface area (Å²) in [7, 11) is 0. The Kier molecular flexibility index (Phi) is 5.48. The topological polar surface area (TPSA) is 106 Å². The predicted octanol–water partition coefficient (Wildman–Crippen LogP) is 3.20. The molecule has 0 spiro atoms. The van der Waals surface area contributed by atoms with Crippen LogP contribution >= 0.6 is 0 Å². The third-order valence-corrected chi connectivity index (χ3v) is 3.40. The van der Waals surface area contributed by atoms with Crippen molar-refractivity contribution in [3.05, 3.63) is 52.3 Å². The van der Waals surface area contributed by atoms with Gasteiger partial charge >= 0.3 is 5.97 Å². The Morgan fingerprint density at radius 2 is 2.17 bits per heavy atom. The summed E-state index contributed by atoms with van der Waals surface area (Å²) in [5.41, 5.74) is 0.598. The summed E-state index contributed by atoms with van der Waals surface area (Å²) < 4.78 is 5.63. The Morgan fingerprint density at radius 3 is 2.83 bits per heavy atom. The number of aliphatic carboxylic acids is 1. The molecule has 2 aromatic rings. The fourth-order valence-electron chi connectivity index (χ4n) is 2.23. The van der Waals surface area contributed by atoms with Crippen LogP contribution in [0.4, 0.5) is 5.69 Å². The number of hydrogen-bond donors (Lipinski definition) is 2. The molecule has 23 heavy (non-hydrogen) atoms. The number of nitro benzene ring substituents is 1. The van der Waals surface area contributed by atoms with Gasteiger partial charge in [-0.25, -0.2) is 0 Å². The van der Waals surface area contributed by atoms with Gasteiger partial charge in [-0.2, -0.15) is 0 Å². The van der Waals surface area contributed by atoms with E-state index < -0.39 is 16.9 Å². The first-order chi connectivity index (χ1) is 11.0. The lowest BCUT2D eigenvalue weighted by Gasteiger charge is -2.11. The normalized spacial score (nSPS) is 12.0. The maximum Gasteiger partial charge on any atom is 0.320 e. The van der Waals surface area contributed by atoms with Gasteiger partial charge in [-0.05, 0) is 18.6 Å². The van der Waals surface area contributed by atoms with Gasteiger partial charge in [0.1, 0.15) is 17.6 Å². The van der Waals surface area contributed by atoms with E-state index in [0.717, 1.165) is 6.42 Å². The third-order valence-electron chi connectivity index (χ3n) is 3.40. The second-order valence-corrected chi connectivity index (χ2v) is 5.13. The first-order valence-electron chi connectivity index (χ1n) is 7.31. The quantitative estimate of drug-likeness (QED) is 0.572. The number of benzene rings is 1. The molecule has 1 aromatic heterocycles. The van der Waals surface area contributed by atoms with E-state index in [1.807, 2.05) is 6.92 Å². The monoisotopic (exact) mass is 318 g/mol. The van der Waals surface area contributed by atoms with E-state index in [9.17, 15) is 14.9 Å². The van der Waals surface area contributed by atoms with Crippen LogP contribution in [0, 0.1) is 10.1 Å². The molecule has 1 heterocycles. The molecule has 0 aliphatic carbocycles. The average Bonchev–Trinajstić information content (AvgIpc) is 3.00. The lowest BCUT2D eigenvalue weighted by Crippen LogP contribution is -2.35. The molecule has 122 valence electrons. The standard InChI is InChI=1S/C16H18N2O5/c1-2-4-14(16(19)20)17-10-13-7-8-15(23-13)11-5-3-6-12(9-11)18(21)22/h3,5-9,14,17H,2,4,10H2,1H3,(H,19,20). The molecule has 0 aliphatic heterocycles.